The molecule has 18 heavy (non-hydrogen) atoms. The van der Waals surface area contributed by atoms with Crippen LogP contribution in [0.2, 0.25) is 0 Å². The van der Waals surface area contributed by atoms with Crippen molar-refractivity contribution in [2.24, 2.45) is 0 Å². The highest BCUT2D eigenvalue weighted by Gasteiger charge is 2.11. The van der Waals surface area contributed by atoms with Crippen LogP contribution in [0.5, 0.6) is 5.88 Å². The van der Waals surface area contributed by atoms with E-state index in [2.05, 4.69) is 15.6 Å². The van der Waals surface area contributed by atoms with E-state index in [0.717, 1.165) is 16.8 Å². The molecule has 0 radical (unpaired) electrons. The molecule has 2 amide bonds. The molecule has 0 spiro atoms. The molecule has 1 aromatic rings. The molecular formula is C13H21N3O2. The molecule has 0 atom stereocenters. The lowest BCUT2D eigenvalue weighted by Crippen LogP contribution is -2.39. The van der Waals surface area contributed by atoms with Gasteiger partial charge in [-0.2, -0.15) is 0 Å². The van der Waals surface area contributed by atoms with Gasteiger partial charge in [-0.3, -0.25) is 0 Å². The second kappa shape index (κ2) is 6.23. The Labute approximate surface area is 108 Å². The van der Waals surface area contributed by atoms with Crippen LogP contribution < -0.4 is 15.4 Å². The van der Waals surface area contributed by atoms with Gasteiger partial charge in [0.15, 0.2) is 0 Å². The van der Waals surface area contributed by atoms with Gasteiger partial charge in [0.25, 0.3) is 0 Å². The summed E-state index contributed by atoms with van der Waals surface area (Å²) in [5.74, 6) is 0.567. The van der Waals surface area contributed by atoms with Gasteiger partial charge in [0.2, 0.25) is 5.88 Å². The topological polar surface area (TPSA) is 63.2 Å². The molecule has 0 unspecified atom stereocenters. The van der Waals surface area contributed by atoms with Crippen molar-refractivity contribution in [1.82, 2.24) is 15.6 Å². The minimum Gasteiger partial charge on any atom is -0.481 e. The number of carbonyl (C=O) groups is 1. The van der Waals surface area contributed by atoms with Crippen molar-refractivity contribution in [3.8, 4) is 5.88 Å². The number of nitrogens with zero attached hydrogens (tertiary/aromatic N) is 1. The number of urea groups is 1. The molecule has 0 saturated carbocycles. The fourth-order valence-electron chi connectivity index (χ4n) is 1.69. The maximum atomic E-state index is 11.5. The van der Waals surface area contributed by atoms with E-state index in [1.165, 1.54) is 0 Å². The fraction of sp³-hybridized carbons (Fsp3) is 0.538. The van der Waals surface area contributed by atoms with Gasteiger partial charge < -0.3 is 15.4 Å². The van der Waals surface area contributed by atoms with Crippen molar-refractivity contribution < 1.29 is 9.53 Å². The Hall–Kier alpha value is -1.78. The maximum Gasteiger partial charge on any atom is 0.315 e. The molecule has 0 aliphatic heterocycles. The summed E-state index contributed by atoms with van der Waals surface area (Å²) in [5, 5.41) is 5.57. The first-order chi connectivity index (χ1) is 8.43. The molecule has 0 bridgehead atoms. The summed E-state index contributed by atoms with van der Waals surface area (Å²) in [4.78, 5) is 15.8. The molecule has 5 heteroatoms. The zero-order valence-corrected chi connectivity index (χ0v) is 11.6. The predicted octanol–water partition coefficient (Wildman–Crippen LogP) is 1.91. The standard InChI is InChI=1S/C13H21N3O2/c1-8(2)15-13(17)14-7-11-9(3)6-10(4)16-12(11)18-5/h6,8H,7H2,1-5H3,(H2,14,15,17). The number of methoxy groups -OCH3 is 1. The number of rotatable bonds is 4. The normalized spacial score (nSPS) is 10.3. The van der Waals surface area contributed by atoms with Crippen LogP contribution in [0, 0.1) is 13.8 Å². The summed E-state index contributed by atoms with van der Waals surface area (Å²) >= 11 is 0. The van der Waals surface area contributed by atoms with Crippen molar-refractivity contribution in [3.05, 3.63) is 22.9 Å². The highest BCUT2D eigenvalue weighted by molar-refractivity contribution is 5.74. The van der Waals surface area contributed by atoms with Crippen molar-refractivity contribution in [3.63, 3.8) is 0 Å². The van der Waals surface area contributed by atoms with Gasteiger partial charge >= 0.3 is 6.03 Å². The van der Waals surface area contributed by atoms with Gasteiger partial charge in [0.1, 0.15) is 0 Å². The van der Waals surface area contributed by atoms with Crippen molar-refractivity contribution in [2.75, 3.05) is 7.11 Å². The molecule has 2 N–H and O–H groups in total. The van der Waals surface area contributed by atoms with Crippen LogP contribution in [0.3, 0.4) is 0 Å². The van der Waals surface area contributed by atoms with Gasteiger partial charge in [-0.1, -0.05) is 0 Å². The van der Waals surface area contributed by atoms with Crippen molar-refractivity contribution in [1.29, 1.82) is 0 Å². The first-order valence-corrected chi connectivity index (χ1v) is 5.99. The van der Waals surface area contributed by atoms with E-state index in [4.69, 9.17) is 4.74 Å². The molecule has 0 aliphatic rings. The monoisotopic (exact) mass is 251 g/mol. The van der Waals surface area contributed by atoms with Crippen LogP contribution in [0.4, 0.5) is 4.79 Å². The van der Waals surface area contributed by atoms with Gasteiger partial charge in [-0.25, -0.2) is 9.78 Å². The summed E-state index contributed by atoms with van der Waals surface area (Å²) in [6.07, 6.45) is 0. The third kappa shape index (κ3) is 3.91. The van der Waals surface area contributed by atoms with Crippen molar-refractivity contribution >= 4 is 6.03 Å². The molecule has 100 valence electrons. The SMILES string of the molecule is COc1nc(C)cc(C)c1CNC(=O)NC(C)C. The smallest absolute Gasteiger partial charge is 0.315 e. The average Bonchev–Trinajstić information content (AvgIpc) is 2.25. The molecule has 1 rings (SSSR count). The lowest BCUT2D eigenvalue weighted by molar-refractivity contribution is 0.238. The molecular weight excluding hydrogens is 230 g/mol. The summed E-state index contributed by atoms with van der Waals surface area (Å²) in [7, 11) is 1.58. The summed E-state index contributed by atoms with van der Waals surface area (Å²) < 4.78 is 5.24. The summed E-state index contributed by atoms with van der Waals surface area (Å²) in [6, 6.07) is 1.90. The molecule has 0 saturated heterocycles. The molecule has 0 aliphatic carbocycles. The lowest BCUT2D eigenvalue weighted by Gasteiger charge is -2.14. The third-order valence-corrected chi connectivity index (χ3v) is 2.48. The third-order valence-electron chi connectivity index (χ3n) is 2.48. The number of hydrogen-bond donors (Lipinski definition) is 2. The summed E-state index contributed by atoms with van der Waals surface area (Å²) in [5.41, 5.74) is 2.87. The molecule has 0 aromatic carbocycles. The lowest BCUT2D eigenvalue weighted by atomic mass is 10.1. The van der Waals surface area contributed by atoms with Gasteiger partial charge in [-0.15, -0.1) is 0 Å². The first-order valence-electron chi connectivity index (χ1n) is 5.99. The van der Waals surface area contributed by atoms with E-state index in [0.29, 0.717) is 12.4 Å². The number of aromatic nitrogens is 1. The van der Waals surface area contributed by atoms with Crippen LogP contribution in [-0.2, 0) is 6.54 Å². The fourth-order valence-corrected chi connectivity index (χ4v) is 1.69. The van der Waals surface area contributed by atoms with Gasteiger partial charge in [-0.05, 0) is 39.3 Å². The van der Waals surface area contributed by atoms with E-state index in [-0.39, 0.29) is 12.1 Å². The Morgan fingerprint density at radius 3 is 2.67 bits per heavy atom. The minimum absolute atomic E-state index is 0.115. The Bertz CT molecular complexity index is 430. The highest BCUT2D eigenvalue weighted by Crippen LogP contribution is 2.20. The maximum absolute atomic E-state index is 11.5. The second-order valence-electron chi connectivity index (χ2n) is 4.55. The number of hydrogen-bond acceptors (Lipinski definition) is 3. The van der Waals surface area contributed by atoms with Crippen molar-refractivity contribution in [2.45, 2.75) is 40.3 Å². The van der Waals surface area contributed by atoms with Crippen LogP contribution in [0.25, 0.3) is 0 Å². The Morgan fingerprint density at radius 1 is 1.44 bits per heavy atom. The quantitative estimate of drug-likeness (QED) is 0.859. The Morgan fingerprint density at radius 2 is 2.11 bits per heavy atom. The molecule has 5 nitrogen and oxygen atoms in total. The van der Waals surface area contributed by atoms with E-state index in [1.54, 1.807) is 7.11 Å². The van der Waals surface area contributed by atoms with E-state index >= 15 is 0 Å². The molecule has 1 heterocycles. The van der Waals surface area contributed by atoms with Gasteiger partial charge in [0, 0.05) is 17.3 Å². The van der Waals surface area contributed by atoms with Crippen LogP contribution in [0.15, 0.2) is 6.07 Å². The van der Waals surface area contributed by atoms with Crippen LogP contribution in [0.1, 0.15) is 30.7 Å². The van der Waals surface area contributed by atoms with Crippen LogP contribution >= 0.6 is 0 Å². The Balaban J connectivity index is 2.75. The number of aryl methyl sites for hydroxylation is 2. The van der Waals surface area contributed by atoms with E-state index in [1.807, 2.05) is 33.8 Å². The molecule has 1 aromatic heterocycles. The second-order valence-corrected chi connectivity index (χ2v) is 4.55. The number of pyridine rings is 1. The minimum atomic E-state index is -0.188. The van der Waals surface area contributed by atoms with Gasteiger partial charge in [0.05, 0.1) is 13.7 Å². The number of carbonyl (C=O) groups excluding carboxylic acids is 1. The van der Waals surface area contributed by atoms with E-state index < -0.39 is 0 Å². The largest absolute Gasteiger partial charge is 0.481 e. The Kier molecular flexibility index (Phi) is 4.95. The predicted molar refractivity (Wildman–Crippen MR) is 70.8 cm³/mol. The highest BCUT2D eigenvalue weighted by atomic mass is 16.5. The zero-order valence-electron chi connectivity index (χ0n) is 11.6. The van der Waals surface area contributed by atoms with Crippen LogP contribution in [-0.4, -0.2) is 24.2 Å². The zero-order chi connectivity index (χ0) is 13.7. The first kappa shape index (κ1) is 14.3. The number of amides is 2. The molecule has 0 fully saturated rings. The number of nitrogens with one attached hydrogen (secondary N) is 2. The number of ether oxygens (including phenoxy) is 1. The van der Waals surface area contributed by atoms with E-state index in [9.17, 15) is 4.79 Å². The average molecular weight is 251 g/mol. The summed E-state index contributed by atoms with van der Waals surface area (Å²) in [6.45, 7) is 8.13.